The third-order valence-corrected chi connectivity index (χ3v) is 17.6. The summed E-state index contributed by atoms with van der Waals surface area (Å²) in [5.41, 5.74) is 6.22. The molecule has 250 valence electrons. The number of nitrogens with zero attached hydrogens (tertiary/aromatic N) is 3. The molecule has 1 heterocycles. The first kappa shape index (κ1) is 36.0. The summed E-state index contributed by atoms with van der Waals surface area (Å²) in [5.74, 6) is 1.11. The molecule has 1 aromatic heterocycles. The summed E-state index contributed by atoms with van der Waals surface area (Å²) < 4.78 is 6.48. The Morgan fingerprint density at radius 2 is 1.38 bits per heavy atom. The molecule has 3 aromatic carbocycles. The van der Waals surface area contributed by atoms with Crippen LogP contribution in [0.3, 0.4) is 0 Å². The minimum Gasteiger partial charge on any atom is -0.544 e. The molecule has 0 saturated heterocycles. The Morgan fingerprint density at radius 3 is 1.91 bits per heavy atom. The molecule has 0 aliphatic heterocycles. The lowest BCUT2D eigenvalue weighted by molar-refractivity contribution is -0.115. The Kier molecular flexibility index (Phi) is 10.5. The van der Waals surface area contributed by atoms with Gasteiger partial charge in [0.2, 0.25) is 14.2 Å². The Bertz CT molecular complexity index is 1670. The van der Waals surface area contributed by atoms with Crippen molar-refractivity contribution in [2.24, 2.45) is 0 Å². The van der Waals surface area contributed by atoms with Crippen LogP contribution in [-0.4, -0.2) is 51.4 Å². The molecule has 0 spiro atoms. The maximum absolute atomic E-state index is 13.3. The van der Waals surface area contributed by atoms with Crippen molar-refractivity contribution >= 4 is 34.0 Å². The summed E-state index contributed by atoms with van der Waals surface area (Å²) in [4.78, 5) is 35.8. The molecular formula is C38H52N4O3Si2. The van der Waals surface area contributed by atoms with Crippen molar-refractivity contribution in [3.63, 3.8) is 0 Å². The fourth-order valence-corrected chi connectivity index (χ4v) is 6.41. The van der Waals surface area contributed by atoms with E-state index in [-0.39, 0.29) is 22.4 Å². The number of carbonyl (C=O) groups is 1. The average Bonchev–Trinajstić information content (AvgIpc) is 2.97. The molecule has 0 unspecified atom stereocenters. The molecule has 0 radical (unpaired) electrons. The van der Waals surface area contributed by atoms with E-state index >= 15 is 0 Å². The zero-order chi connectivity index (χ0) is 34.8. The number of nitrogens with one attached hydrogen (secondary N) is 1. The number of rotatable bonds is 11. The van der Waals surface area contributed by atoms with Gasteiger partial charge in [0.15, 0.2) is 14.1 Å². The van der Waals surface area contributed by atoms with Gasteiger partial charge < -0.3 is 19.4 Å². The fraction of sp³-hybridized carbons (Fsp3) is 0.395. The highest BCUT2D eigenvalue weighted by atomic mass is 28.4. The van der Waals surface area contributed by atoms with Crippen molar-refractivity contribution in [3.05, 3.63) is 90.1 Å². The van der Waals surface area contributed by atoms with Crippen molar-refractivity contribution in [2.45, 2.75) is 83.7 Å². The first-order valence-corrected chi connectivity index (χ1v) is 22.2. The maximum atomic E-state index is 13.3. The van der Waals surface area contributed by atoms with Crippen LogP contribution < -0.4 is 14.6 Å². The van der Waals surface area contributed by atoms with E-state index < -0.39 is 16.6 Å². The first-order valence-electron chi connectivity index (χ1n) is 16.3. The number of hydrogen-bond donors (Lipinski definition) is 2. The smallest absolute Gasteiger partial charge is 0.250 e. The van der Waals surface area contributed by atoms with Crippen molar-refractivity contribution in [2.75, 3.05) is 24.3 Å². The van der Waals surface area contributed by atoms with Crippen molar-refractivity contribution in [3.8, 4) is 28.3 Å². The zero-order valence-electron chi connectivity index (χ0n) is 30.0. The van der Waals surface area contributed by atoms with Crippen LogP contribution >= 0.6 is 0 Å². The molecule has 0 saturated carbocycles. The van der Waals surface area contributed by atoms with Crippen LogP contribution in [0.2, 0.25) is 36.3 Å². The maximum Gasteiger partial charge on any atom is 0.250 e. The molecular weight excluding hydrogens is 617 g/mol. The summed E-state index contributed by atoms with van der Waals surface area (Å²) in [6.07, 6.45) is 2.71. The molecule has 4 rings (SSSR count). The minimum absolute atomic E-state index is 0.105. The van der Waals surface area contributed by atoms with Gasteiger partial charge in [0, 0.05) is 30.9 Å². The predicted octanol–water partition coefficient (Wildman–Crippen LogP) is 8.96. The topological polar surface area (TPSA) is 87.6 Å². The van der Waals surface area contributed by atoms with Gasteiger partial charge in [0.1, 0.15) is 11.4 Å². The molecule has 0 bridgehead atoms. The summed E-state index contributed by atoms with van der Waals surface area (Å²) in [5, 5.41) is 2.98. The summed E-state index contributed by atoms with van der Waals surface area (Å²) >= 11 is 0. The van der Waals surface area contributed by atoms with Gasteiger partial charge in [-0.15, -0.1) is 0 Å². The first-order chi connectivity index (χ1) is 21.8. The Morgan fingerprint density at radius 1 is 0.830 bits per heavy atom. The van der Waals surface area contributed by atoms with E-state index in [0.717, 1.165) is 40.1 Å². The average molecular weight is 669 g/mol. The van der Waals surface area contributed by atoms with Gasteiger partial charge in [-0.2, -0.15) is 0 Å². The molecule has 0 aliphatic rings. The molecule has 9 heteroatoms. The van der Waals surface area contributed by atoms with E-state index in [1.54, 1.807) is 6.20 Å². The van der Waals surface area contributed by atoms with Gasteiger partial charge in [-0.25, -0.2) is 9.97 Å². The fourth-order valence-electron chi connectivity index (χ4n) is 4.74. The van der Waals surface area contributed by atoms with Gasteiger partial charge in [-0.05, 0) is 90.2 Å². The Hall–Kier alpha value is -3.80. The van der Waals surface area contributed by atoms with Crippen LogP contribution in [-0.2, 0) is 17.6 Å². The van der Waals surface area contributed by atoms with Crippen molar-refractivity contribution < 1.29 is 14.0 Å². The van der Waals surface area contributed by atoms with E-state index in [0.29, 0.717) is 17.2 Å². The van der Waals surface area contributed by atoms with Crippen LogP contribution in [0.5, 0.6) is 5.75 Å². The standard InChI is InChI=1S/C38H52N4O3Si2/c1-37(2,3)47(10,11)45-32-22-18-29(19-23-32)33-26-39-36(35(40-33)30-16-20-31(21-17-30)42(6)7)41-34(43)24-27-12-14-28(15-13-27)25-38(4,5)46(8,9)44/h12-23,26,44H,24-25H2,1-11H3,(H,39,41,43). The van der Waals surface area contributed by atoms with Crippen LogP contribution in [0.15, 0.2) is 79.0 Å². The Balaban J connectivity index is 1.57. The van der Waals surface area contributed by atoms with Crippen molar-refractivity contribution in [1.82, 2.24) is 9.97 Å². The van der Waals surface area contributed by atoms with Gasteiger partial charge in [0.25, 0.3) is 0 Å². The number of aromatic nitrogens is 2. The number of benzene rings is 3. The van der Waals surface area contributed by atoms with Crippen LogP contribution in [0.1, 0.15) is 45.7 Å². The zero-order valence-corrected chi connectivity index (χ0v) is 32.0. The van der Waals surface area contributed by atoms with E-state index in [9.17, 15) is 9.59 Å². The minimum atomic E-state index is -2.32. The molecule has 7 nitrogen and oxygen atoms in total. The number of carbonyl (C=O) groups excluding carboxylic acids is 1. The summed E-state index contributed by atoms with van der Waals surface area (Å²) in [6.45, 7) is 19.4. The quantitative estimate of drug-likeness (QED) is 0.155. The van der Waals surface area contributed by atoms with Gasteiger partial charge in [-0.1, -0.05) is 71.0 Å². The van der Waals surface area contributed by atoms with Gasteiger partial charge in [0.05, 0.1) is 18.3 Å². The normalized spacial score (nSPS) is 12.5. The molecule has 0 fully saturated rings. The predicted molar refractivity (Wildman–Crippen MR) is 201 cm³/mol. The van der Waals surface area contributed by atoms with E-state index in [1.807, 2.05) is 92.8 Å². The number of hydrogen-bond acceptors (Lipinski definition) is 6. The summed E-state index contributed by atoms with van der Waals surface area (Å²) in [7, 11) is -0.275. The molecule has 47 heavy (non-hydrogen) atoms. The molecule has 1 amide bonds. The summed E-state index contributed by atoms with van der Waals surface area (Å²) in [6, 6.07) is 24.2. The van der Waals surface area contributed by atoms with E-state index in [1.165, 1.54) is 0 Å². The second-order valence-electron chi connectivity index (χ2n) is 15.4. The van der Waals surface area contributed by atoms with Gasteiger partial charge in [-0.3, -0.25) is 4.79 Å². The highest BCUT2D eigenvalue weighted by molar-refractivity contribution is 6.74. The third-order valence-electron chi connectivity index (χ3n) is 9.71. The highest BCUT2D eigenvalue weighted by Crippen LogP contribution is 2.39. The lowest BCUT2D eigenvalue weighted by Crippen LogP contribution is -2.43. The van der Waals surface area contributed by atoms with E-state index in [4.69, 9.17) is 14.4 Å². The Labute approximate surface area is 283 Å². The third kappa shape index (κ3) is 8.97. The SMILES string of the molecule is CN(C)c1ccc(-c2nc(-c3ccc(O[Si](C)(C)C(C)(C)C)cc3)cnc2NC(=O)Cc2ccc(CC(C)(C)[Si](C)(C)O)cc2)cc1. The molecule has 0 aliphatic carbocycles. The lowest BCUT2D eigenvalue weighted by Gasteiger charge is -2.36. The largest absolute Gasteiger partial charge is 0.544 e. The molecule has 4 aromatic rings. The second kappa shape index (κ2) is 13.7. The monoisotopic (exact) mass is 668 g/mol. The van der Waals surface area contributed by atoms with Crippen LogP contribution in [0.25, 0.3) is 22.5 Å². The van der Waals surface area contributed by atoms with Crippen LogP contribution in [0.4, 0.5) is 11.5 Å². The second-order valence-corrected chi connectivity index (χ2v) is 24.6. The highest BCUT2D eigenvalue weighted by Gasteiger charge is 2.39. The molecule has 2 N–H and O–H groups in total. The number of amides is 1. The lowest BCUT2D eigenvalue weighted by atomic mass is 10.00. The van der Waals surface area contributed by atoms with E-state index in [2.05, 4.69) is 65.2 Å². The number of anilines is 2. The van der Waals surface area contributed by atoms with Crippen LogP contribution in [0, 0.1) is 0 Å². The van der Waals surface area contributed by atoms with Crippen molar-refractivity contribution in [1.29, 1.82) is 0 Å². The van der Waals surface area contributed by atoms with Gasteiger partial charge >= 0.3 is 0 Å². The molecule has 0 atom stereocenters.